The lowest BCUT2D eigenvalue weighted by Crippen LogP contribution is -2.00. The zero-order chi connectivity index (χ0) is 14.3. The van der Waals surface area contributed by atoms with Crippen LogP contribution in [0.1, 0.15) is 5.82 Å². The van der Waals surface area contributed by atoms with Gasteiger partial charge in [-0.3, -0.25) is 4.57 Å². The number of aromatic nitrogens is 2. The molecule has 0 unspecified atom stereocenters. The summed E-state index contributed by atoms with van der Waals surface area (Å²) in [6.07, 6.45) is 0. The molecule has 3 aromatic rings. The fourth-order valence-corrected chi connectivity index (χ4v) is 2.94. The molecule has 0 aliphatic heterocycles. The molecule has 0 radical (unpaired) electrons. The molecule has 2 nitrogen and oxygen atoms in total. The second-order valence-corrected chi connectivity index (χ2v) is 5.72. The fraction of sp³-hybridized carbons (Fsp3) is 0.0714. The van der Waals surface area contributed by atoms with E-state index < -0.39 is 0 Å². The molecular weight excluding hydrogens is 338 g/mol. The summed E-state index contributed by atoms with van der Waals surface area (Å²) in [4.78, 5) is 4.48. The Bertz CT molecular complexity index is 795. The van der Waals surface area contributed by atoms with Crippen molar-refractivity contribution in [3.63, 3.8) is 0 Å². The zero-order valence-corrected chi connectivity index (χ0v) is 13.1. The van der Waals surface area contributed by atoms with Gasteiger partial charge in [0.15, 0.2) is 0 Å². The van der Waals surface area contributed by atoms with Gasteiger partial charge in [-0.05, 0) is 30.3 Å². The van der Waals surface area contributed by atoms with Crippen molar-refractivity contribution in [2.75, 3.05) is 0 Å². The molecule has 0 saturated carbocycles. The summed E-state index contributed by atoms with van der Waals surface area (Å²) in [5.74, 6) is 0.910. The Morgan fingerprint density at radius 2 is 1.80 bits per heavy atom. The number of alkyl halides is 1. The molecule has 102 valence electrons. The van der Waals surface area contributed by atoms with Crippen molar-refractivity contribution in [3.8, 4) is 5.69 Å². The maximum atomic E-state index is 6.29. The van der Waals surface area contributed by atoms with Crippen molar-refractivity contribution in [2.45, 2.75) is 5.88 Å². The summed E-state index contributed by atoms with van der Waals surface area (Å²) in [5, 5.41) is 1.72. The maximum Gasteiger partial charge on any atom is 0.129 e. The lowest BCUT2D eigenvalue weighted by atomic mass is 10.2. The van der Waals surface area contributed by atoms with Crippen LogP contribution in [0.2, 0.25) is 15.1 Å². The second kappa shape index (κ2) is 5.45. The average Bonchev–Trinajstić information content (AvgIpc) is 2.81. The predicted molar refractivity (Wildman–Crippen MR) is 85.7 cm³/mol. The third kappa shape index (κ3) is 2.27. The van der Waals surface area contributed by atoms with E-state index in [1.165, 1.54) is 0 Å². The minimum absolute atomic E-state index is 0.244. The van der Waals surface area contributed by atoms with Crippen molar-refractivity contribution in [1.29, 1.82) is 0 Å². The summed E-state index contributed by atoms with van der Waals surface area (Å²) in [7, 11) is 0. The molecule has 0 saturated heterocycles. The number of imidazole rings is 1. The number of fused-ring (bicyclic) bond motifs is 1. The SMILES string of the molecule is ClCc1nc2cccc(Cl)c2n1-c1cc(Cl)ccc1Cl. The molecule has 1 heterocycles. The monoisotopic (exact) mass is 344 g/mol. The first kappa shape index (κ1) is 14.0. The van der Waals surface area contributed by atoms with Gasteiger partial charge in [0.05, 0.1) is 32.6 Å². The van der Waals surface area contributed by atoms with E-state index in [4.69, 9.17) is 46.4 Å². The lowest BCUT2D eigenvalue weighted by molar-refractivity contribution is 0.982. The third-order valence-corrected chi connectivity index (χ3v) is 4.06. The molecule has 3 rings (SSSR count). The molecule has 1 aromatic heterocycles. The minimum atomic E-state index is 0.244. The van der Waals surface area contributed by atoms with Crippen LogP contribution in [0, 0.1) is 0 Å². The van der Waals surface area contributed by atoms with Crippen LogP contribution in [0.15, 0.2) is 36.4 Å². The molecule has 20 heavy (non-hydrogen) atoms. The largest absolute Gasteiger partial charge is 0.292 e. The van der Waals surface area contributed by atoms with Crippen molar-refractivity contribution in [3.05, 3.63) is 57.3 Å². The van der Waals surface area contributed by atoms with Gasteiger partial charge in [-0.1, -0.05) is 40.9 Å². The van der Waals surface area contributed by atoms with Crippen molar-refractivity contribution < 1.29 is 0 Å². The Morgan fingerprint density at radius 3 is 2.55 bits per heavy atom. The van der Waals surface area contributed by atoms with Crippen LogP contribution in [0.4, 0.5) is 0 Å². The summed E-state index contributed by atoms with van der Waals surface area (Å²) < 4.78 is 1.85. The van der Waals surface area contributed by atoms with Crippen molar-refractivity contribution in [2.24, 2.45) is 0 Å². The Labute approximate surface area is 135 Å². The highest BCUT2D eigenvalue weighted by molar-refractivity contribution is 6.36. The zero-order valence-electron chi connectivity index (χ0n) is 10.1. The Morgan fingerprint density at radius 1 is 1.00 bits per heavy atom. The van der Waals surface area contributed by atoms with Crippen LogP contribution in [0.3, 0.4) is 0 Å². The molecule has 0 fully saturated rings. The molecule has 0 amide bonds. The van der Waals surface area contributed by atoms with Gasteiger partial charge in [-0.25, -0.2) is 4.98 Å². The quantitative estimate of drug-likeness (QED) is 0.543. The van der Waals surface area contributed by atoms with Crippen LogP contribution in [-0.2, 0) is 5.88 Å². The Kier molecular flexibility index (Phi) is 3.83. The van der Waals surface area contributed by atoms with Crippen LogP contribution < -0.4 is 0 Å². The first-order valence-electron chi connectivity index (χ1n) is 5.79. The van der Waals surface area contributed by atoms with E-state index >= 15 is 0 Å². The number of hydrogen-bond donors (Lipinski definition) is 0. The van der Waals surface area contributed by atoms with E-state index in [2.05, 4.69) is 4.98 Å². The van der Waals surface area contributed by atoms with E-state index in [9.17, 15) is 0 Å². The van der Waals surface area contributed by atoms with Gasteiger partial charge in [0.1, 0.15) is 5.82 Å². The van der Waals surface area contributed by atoms with Crippen molar-refractivity contribution >= 4 is 57.4 Å². The average molecular weight is 346 g/mol. The summed E-state index contributed by atoms with van der Waals surface area (Å²) in [6, 6.07) is 10.8. The Hall–Kier alpha value is -0.930. The minimum Gasteiger partial charge on any atom is -0.292 e. The van der Waals surface area contributed by atoms with Crippen LogP contribution in [0.5, 0.6) is 0 Å². The molecule has 6 heteroatoms. The number of benzene rings is 2. The highest BCUT2D eigenvalue weighted by Gasteiger charge is 2.16. The van der Waals surface area contributed by atoms with Gasteiger partial charge in [0, 0.05) is 5.02 Å². The van der Waals surface area contributed by atoms with Gasteiger partial charge < -0.3 is 0 Å². The molecule has 0 atom stereocenters. The number of rotatable bonds is 2. The smallest absolute Gasteiger partial charge is 0.129 e. The number of para-hydroxylation sites is 1. The van der Waals surface area contributed by atoms with E-state index in [1.807, 2.05) is 16.7 Å². The third-order valence-electron chi connectivity index (χ3n) is 2.97. The summed E-state index contributed by atoms with van der Waals surface area (Å²) in [5.41, 5.74) is 2.25. The van der Waals surface area contributed by atoms with E-state index in [0.29, 0.717) is 26.6 Å². The molecule has 0 N–H and O–H groups in total. The molecule has 0 spiro atoms. The second-order valence-electron chi connectivity index (χ2n) is 4.20. The van der Waals surface area contributed by atoms with Gasteiger partial charge in [-0.2, -0.15) is 0 Å². The Balaban J connectivity index is 2.42. The van der Waals surface area contributed by atoms with E-state index in [0.717, 1.165) is 11.0 Å². The molecule has 0 bridgehead atoms. The lowest BCUT2D eigenvalue weighted by Gasteiger charge is -2.11. The number of halogens is 4. The first-order chi connectivity index (χ1) is 9.61. The summed E-state index contributed by atoms with van der Waals surface area (Å²) in [6.45, 7) is 0. The van der Waals surface area contributed by atoms with Crippen LogP contribution in [0.25, 0.3) is 16.7 Å². The first-order valence-corrected chi connectivity index (χ1v) is 7.46. The van der Waals surface area contributed by atoms with E-state index in [-0.39, 0.29) is 5.88 Å². The van der Waals surface area contributed by atoms with Crippen molar-refractivity contribution in [1.82, 2.24) is 9.55 Å². The van der Waals surface area contributed by atoms with Crippen LogP contribution in [-0.4, -0.2) is 9.55 Å². The predicted octanol–water partition coefficient (Wildman–Crippen LogP) is 5.72. The van der Waals surface area contributed by atoms with Gasteiger partial charge in [0.25, 0.3) is 0 Å². The normalized spacial score (nSPS) is 11.2. The molecular formula is C14H8Cl4N2. The molecule has 0 aliphatic carbocycles. The highest BCUT2D eigenvalue weighted by atomic mass is 35.5. The fourth-order valence-electron chi connectivity index (χ4n) is 2.14. The summed E-state index contributed by atoms with van der Waals surface area (Å²) >= 11 is 24.6. The molecule has 0 aliphatic rings. The standard InChI is InChI=1S/C14H8Cl4N2/c15-7-13-19-11-3-1-2-10(18)14(11)20(13)12-6-8(16)4-5-9(12)17/h1-6H,7H2. The highest BCUT2D eigenvalue weighted by Crippen LogP contribution is 2.32. The number of hydrogen-bond acceptors (Lipinski definition) is 1. The van der Waals surface area contributed by atoms with Gasteiger partial charge >= 0.3 is 0 Å². The molecule has 2 aromatic carbocycles. The van der Waals surface area contributed by atoms with Crippen LogP contribution >= 0.6 is 46.4 Å². The number of nitrogens with zero attached hydrogens (tertiary/aromatic N) is 2. The van der Waals surface area contributed by atoms with E-state index in [1.54, 1.807) is 24.3 Å². The van der Waals surface area contributed by atoms with Gasteiger partial charge in [0.2, 0.25) is 0 Å². The maximum absolute atomic E-state index is 6.29. The van der Waals surface area contributed by atoms with Gasteiger partial charge in [-0.15, -0.1) is 11.6 Å². The topological polar surface area (TPSA) is 17.8 Å².